The van der Waals surface area contributed by atoms with Gasteiger partial charge in [-0.05, 0) is 75.9 Å². The predicted molar refractivity (Wildman–Crippen MR) is 121 cm³/mol. The minimum Gasteiger partial charge on any atom is -0.483 e. The Morgan fingerprint density at radius 1 is 1.10 bits per heavy atom. The van der Waals surface area contributed by atoms with Crippen molar-refractivity contribution in [3.05, 3.63) is 63.7 Å². The number of nitrogens with one attached hydrogen (secondary N) is 1. The highest BCUT2D eigenvalue weighted by atomic mass is 35.5. The van der Waals surface area contributed by atoms with Crippen molar-refractivity contribution in [1.29, 1.82) is 0 Å². The second-order valence-corrected chi connectivity index (χ2v) is 8.35. The van der Waals surface area contributed by atoms with Crippen molar-refractivity contribution < 1.29 is 14.3 Å². The topological polar surface area (TPSA) is 58.6 Å². The van der Waals surface area contributed by atoms with E-state index in [1.54, 1.807) is 13.0 Å². The van der Waals surface area contributed by atoms with Crippen LogP contribution in [0.4, 0.5) is 0 Å². The van der Waals surface area contributed by atoms with Gasteiger partial charge in [-0.2, -0.15) is 0 Å². The highest BCUT2D eigenvalue weighted by molar-refractivity contribution is 6.31. The molecule has 0 aliphatic carbocycles. The minimum atomic E-state index is -0.667. The molecule has 1 atom stereocenters. The van der Waals surface area contributed by atoms with Gasteiger partial charge in [-0.3, -0.25) is 9.59 Å². The molecule has 162 valence electrons. The van der Waals surface area contributed by atoms with E-state index in [0.717, 1.165) is 22.3 Å². The van der Waals surface area contributed by atoms with Crippen molar-refractivity contribution in [2.24, 2.45) is 0 Å². The third kappa shape index (κ3) is 6.23. The van der Waals surface area contributed by atoms with Crippen molar-refractivity contribution in [3.8, 4) is 5.75 Å². The van der Waals surface area contributed by atoms with Crippen LogP contribution in [-0.4, -0.2) is 35.4 Å². The van der Waals surface area contributed by atoms with E-state index in [9.17, 15) is 9.59 Å². The van der Waals surface area contributed by atoms with E-state index < -0.39 is 6.04 Å². The summed E-state index contributed by atoms with van der Waals surface area (Å²) in [6.45, 7) is 11.5. The summed E-state index contributed by atoms with van der Waals surface area (Å²) in [5.41, 5.74) is 3.95. The Morgan fingerprint density at radius 3 is 2.40 bits per heavy atom. The first-order valence-electron chi connectivity index (χ1n) is 10.1. The van der Waals surface area contributed by atoms with Crippen LogP contribution in [0.2, 0.25) is 5.02 Å². The van der Waals surface area contributed by atoms with E-state index in [0.29, 0.717) is 10.8 Å². The average Bonchev–Trinajstić information content (AvgIpc) is 2.67. The van der Waals surface area contributed by atoms with E-state index in [1.807, 2.05) is 58.9 Å². The molecule has 0 aliphatic heterocycles. The van der Waals surface area contributed by atoms with Gasteiger partial charge in [0.15, 0.2) is 6.61 Å². The Bertz CT molecular complexity index is 911. The first-order valence-corrected chi connectivity index (χ1v) is 10.5. The molecule has 0 saturated heterocycles. The third-order valence-electron chi connectivity index (χ3n) is 5.01. The maximum atomic E-state index is 13.1. The molecule has 2 aromatic rings. The molecule has 1 unspecified atom stereocenters. The summed E-state index contributed by atoms with van der Waals surface area (Å²) >= 11 is 6.30. The standard InChI is InChI=1S/C24H31ClN2O3/c1-15(2)26-24(29)19(6)27(13-20-9-7-8-10-21(20)25)23(28)14-30-22-12-16(3)11-17(4)18(22)5/h7-12,15,19H,13-14H2,1-6H3,(H,26,29). The zero-order chi connectivity index (χ0) is 22.4. The van der Waals surface area contributed by atoms with Crippen LogP contribution in [0.15, 0.2) is 36.4 Å². The SMILES string of the molecule is Cc1cc(C)c(C)c(OCC(=O)N(Cc2ccccc2Cl)C(C)C(=O)NC(C)C)c1. The van der Waals surface area contributed by atoms with E-state index in [2.05, 4.69) is 11.4 Å². The Morgan fingerprint density at radius 2 is 1.77 bits per heavy atom. The summed E-state index contributed by atoms with van der Waals surface area (Å²) < 4.78 is 5.86. The number of hydrogen-bond acceptors (Lipinski definition) is 3. The number of nitrogens with zero attached hydrogens (tertiary/aromatic N) is 1. The molecule has 2 rings (SSSR count). The van der Waals surface area contributed by atoms with Gasteiger partial charge in [0.05, 0.1) is 0 Å². The molecule has 2 aromatic carbocycles. The molecule has 6 heteroatoms. The fraction of sp³-hybridized carbons (Fsp3) is 0.417. The second-order valence-electron chi connectivity index (χ2n) is 7.95. The van der Waals surface area contributed by atoms with Gasteiger partial charge in [0.2, 0.25) is 5.91 Å². The van der Waals surface area contributed by atoms with Crippen molar-refractivity contribution in [2.75, 3.05) is 6.61 Å². The van der Waals surface area contributed by atoms with Crippen LogP contribution in [0.1, 0.15) is 43.0 Å². The normalized spacial score (nSPS) is 11.9. The van der Waals surface area contributed by atoms with Gasteiger partial charge in [0.25, 0.3) is 5.91 Å². The van der Waals surface area contributed by atoms with Crippen LogP contribution in [0.3, 0.4) is 0 Å². The van der Waals surface area contributed by atoms with Gasteiger partial charge in [-0.15, -0.1) is 0 Å². The summed E-state index contributed by atoms with van der Waals surface area (Å²) in [4.78, 5) is 27.2. The lowest BCUT2D eigenvalue weighted by Crippen LogP contribution is -2.50. The van der Waals surface area contributed by atoms with Gasteiger partial charge >= 0.3 is 0 Å². The molecular weight excluding hydrogens is 400 g/mol. The number of carbonyl (C=O) groups excluding carboxylic acids is 2. The van der Waals surface area contributed by atoms with Gasteiger partial charge in [0, 0.05) is 17.6 Å². The summed E-state index contributed by atoms with van der Waals surface area (Å²) in [5, 5.41) is 3.42. The molecule has 30 heavy (non-hydrogen) atoms. The number of hydrogen-bond donors (Lipinski definition) is 1. The van der Waals surface area contributed by atoms with Crippen LogP contribution < -0.4 is 10.1 Å². The number of halogens is 1. The van der Waals surface area contributed by atoms with Crippen molar-refractivity contribution in [3.63, 3.8) is 0 Å². The van der Waals surface area contributed by atoms with Crippen molar-refractivity contribution in [1.82, 2.24) is 10.2 Å². The highest BCUT2D eigenvalue weighted by Gasteiger charge is 2.27. The Balaban J connectivity index is 2.23. The molecule has 1 N–H and O–H groups in total. The Hall–Kier alpha value is -2.53. The van der Waals surface area contributed by atoms with Gasteiger partial charge in [0.1, 0.15) is 11.8 Å². The second kappa shape index (κ2) is 10.5. The molecular formula is C24H31ClN2O3. The lowest BCUT2D eigenvalue weighted by Gasteiger charge is -2.29. The number of amides is 2. The van der Waals surface area contributed by atoms with Crippen LogP contribution in [0, 0.1) is 20.8 Å². The number of benzene rings is 2. The highest BCUT2D eigenvalue weighted by Crippen LogP contribution is 2.24. The lowest BCUT2D eigenvalue weighted by atomic mass is 10.1. The van der Waals surface area contributed by atoms with E-state index >= 15 is 0 Å². The first-order chi connectivity index (χ1) is 14.1. The summed E-state index contributed by atoms with van der Waals surface area (Å²) in [5.74, 6) is 0.186. The summed E-state index contributed by atoms with van der Waals surface area (Å²) in [7, 11) is 0. The van der Waals surface area contributed by atoms with Crippen LogP contribution in [-0.2, 0) is 16.1 Å². The largest absolute Gasteiger partial charge is 0.483 e. The lowest BCUT2D eigenvalue weighted by molar-refractivity contribution is -0.142. The molecule has 0 aromatic heterocycles. The van der Waals surface area contributed by atoms with Crippen molar-refractivity contribution in [2.45, 2.75) is 60.2 Å². The van der Waals surface area contributed by atoms with Gasteiger partial charge < -0.3 is 15.0 Å². The fourth-order valence-corrected chi connectivity index (χ4v) is 3.37. The zero-order valence-electron chi connectivity index (χ0n) is 18.6. The van der Waals surface area contributed by atoms with Crippen molar-refractivity contribution >= 4 is 23.4 Å². The Labute approximate surface area is 184 Å². The van der Waals surface area contributed by atoms with Crippen LogP contribution in [0.25, 0.3) is 0 Å². The van der Waals surface area contributed by atoms with Gasteiger partial charge in [-0.1, -0.05) is 35.9 Å². The molecule has 0 spiro atoms. The summed E-state index contributed by atoms with van der Waals surface area (Å²) in [6, 6.07) is 10.6. The predicted octanol–water partition coefficient (Wildman–Crippen LogP) is 4.59. The molecule has 0 fully saturated rings. The molecule has 0 radical (unpaired) electrons. The molecule has 0 saturated carbocycles. The van der Waals surface area contributed by atoms with E-state index in [-0.39, 0.29) is 31.0 Å². The quantitative estimate of drug-likeness (QED) is 0.666. The molecule has 0 bridgehead atoms. The zero-order valence-corrected chi connectivity index (χ0v) is 19.3. The number of ether oxygens (including phenoxy) is 1. The first kappa shape index (κ1) is 23.7. The molecule has 0 aliphatic rings. The number of rotatable bonds is 8. The van der Waals surface area contributed by atoms with Crippen LogP contribution >= 0.6 is 11.6 Å². The number of aryl methyl sites for hydroxylation is 2. The van der Waals surface area contributed by atoms with E-state index in [4.69, 9.17) is 16.3 Å². The summed E-state index contributed by atoms with van der Waals surface area (Å²) in [6.07, 6.45) is 0. The smallest absolute Gasteiger partial charge is 0.261 e. The Kier molecular flexibility index (Phi) is 8.30. The molecule has 0 heterocycles. The van der Waals surface area contributed by atoms with E-state index in [1.165, 1.54) is 4.90 Å². The maximum absolute atomic E-state index is 13.1. The monoisotopic (exact) mass is 430 g/mol. The third-order valence-corrected chi connectivity index (χ3v) is 5.38. The number of carbonyl (C=O) groups is 2. The minimum absolute atomic E-state index is 0.0219. The molecule has 5 nitrogen and oxygen atoms in total. The maximum Gasteiger partial charge on any atom is 0.261 e. The average molecular weight is 431 g/mol. The van der Waals surface area contributed by atoms with Gasteiger partial charge in [-0.25, -0.2) is 0 Å². The fourth-order valence-electron chi connectivity index (χ4n) is 3.17. The van der Waals surface area contributed by atoms with Crippen LogP contribution in [0.5, 0.6) is 5.75 Å². The molecule has 2 amide bonds.